The molecular weight excluding hydrogens is 224 g/mol. The molecule has 18 heavy (non-hydrogen) atoms. The Balaban J connectivity index is 2.02. The first kappa shape index (κ1) is 13.2. The third-order valence-electron chi connectivity index (χ3n) is 3.94. The standard InChI is InChI=1S/C14H24N4/c1-3-5-10-6-8-11(9-7-10)13-16-12(4-2)17-14(15)18-13/h10-11H,3-9H2,1-2H3,(H2,15,16,17,18). The zero-order valence-electron chi connectivity index (χ0n) is 11.5. The number of hydrogen-bond acceptors (Lipinski definition) is 4. The van der Waals surface area contributed by atoms with Crippen molar-refractivity contribution < 1.29 is 0 Å². The Bertz CT molecular complexity index is 383. The van der Waals surface area contributed by atoms with E-state index in [2.05, 4.69) is 28.8 Å². The van der Waals surface area contributed by atoms with Crippen molar-refractivity contribution in [3.63, 3.8) is 0 Å². The number of aromatic nitrogens is 3. The van der Waals surface area contributed by atoms with E-state index >= 15 is 0 Å². The van der Waals surface area contributed by atoms with E-state index in [1.54, 1.807) is 0 Å². The molecule has 1 aromatic rings. The lowest BCUT2D eigenvalue weighted by molar-refractivity contribution is 0.302. The molecular formula is C14H24N4. The third kappa shape index (κ3) is 3.18. The Morgan fingerprint density at radius 2 is 1.78 bits per heavy atom. The number of hydrogen-bond donors (Lipinski definition) is 1. The van der Waals surface area contributed by atoms with Crippen LogP contribution in [0.1, 0.15) is 69.9 Å². The molecule has 2 rings (SSSR count). The molecule has 100 valence electrons. The van der Waals surface area contributed by atoms with E-state index in [9.17, 15) is 0 Å². The Labute approximate surface area is 109 Å². The summed E-state index contributed by atoms with van der Waals surface area (Å²) in [5.74, 6) is 3.54. The van der Waals surface area contributed by atoms with Crippen LogP contribution in [0.5, 0.6) is 0 Å². The minimum absolute atomic E-state index is 0.382. The molecule has 1 aliphatic carbocycles. The molecule has 0 unspecified atom stereocenters. The van der Waals surface area contributed by atoms with Gasteiger partial charge < -0.3 is 5.73 Å². The average Bonchev–Trinajstić information content (AvgIpc) is 2.39. The first-order valence-electron chi connectivity index (χ1n) is 7.23. The van der Waals surface area contributed by atoms with E-state index in [-0.39, 0.29) is 0 Å². The van der Waals surface area contributed by atoms with Gasteiger partial charge in [-0.25, -0.2) is 4.98 Å². The SMILES string of the molecule is CCCC1CCC(c2nc(N)nc(CC)n2)CC1. The zero-order chi connectivity index (χ0) is 13.0. The lowest BCUT2D eigenvalue weighted by Gasteiger charge is -2.27. The quantitative estimate of drug-likeness (QED) is 0.889. The molecule has 0 aromatic carbocycles. The summed E-state index contributed by atoms with van der Waals surface area (Å²) in [6, 6.07) is 0. The summed E-state index contributed by atoms with van der Waals surface area (Å²) in [4.78, 5) is 13.0. The van der Waals surface area contributed by atoms with Crippen LogP contribution in [0.3, 0.4) is 0 Å². The van der Waals surface area contributed by atoms with Gasteiger partial charge in [0, 0.05) is 12.3 Å². The van der Waals surface area contributed by atoms with Crippen molar-refractivity contribution in [3.05, 3.63) is 11.6 Å². The minimum atomic E-state index is 0.382. The Kier molecular flexibility index (Phi) is 4.50. The highest BCUT2D eigenvalue weighted by Crippen LogP contribution is 2.36. The summed E-state index contributed by atoms with van der Waals surface area (Å²) < 4.78 is 0. The van der Waals surface area contributed by atoms with Crippen LogP contribution < -0.4 is 5.73 Å². The van der Waals surface area contributed by atoms with Crippen molar-refractivity contribution in [2.24, 2.45) is 5.92 Å². The van der Waals surface area contributed by atoms with Gasteiger partial charge in [-0.05, 0) is 31.6 Å². The van der Waals surface area contributed by atoms with Crippen LogP contribution in [0.15, 0.2) is 0 Å². The molecule has 1 heterocycles. The van der Waals surface area contributed by atoms with Crippen LogP contribution in [0.4, 0.5) is 5.95 Å². The van der Waals surface area contributed by atoms with Crippen molar-refractivity contribution in [3.8, 4) is 0 Å². The number of rotatable bonds is 4. The Hall–Kier alpha value is -1.19. The van der Waals surface area contributed by atoms with Gasteiger partial charge in [-0.1, -0.05) is 26.7 Å². The molecule has 1 aliphatic rings. The fraction of sp³-hybridized carbons (Fsp3) is 0.786. The molecule has 0 amide bonds. The van der Waals surface area contributed by atoms with Crippen LogP contribution in [-0.2, 0) is 6.42 Å². The van der Waals surface area contributed by atoms with Gasteiger partial charge >= 0.3 is 0 Å². The maximum atomic E-state index is 5.75. The number of nitrogen functional groups attached to an aromatic ring is 1. The maximum Gasteiger partial charge on any atom is 0.223 e. The van der Waals surface area contributed by atoms with Gasteiger partial charge in [-0.2, -0.15) is 9.97 Å². The fourth-order valence-corrected chi connectivity index (χ4v) is 2.92. The molecule has 4 heteroatoms. The first-order chi connectivity index (χ1) is 8.72. The summed E-state index contributed by atoms with van der Waals surface area (Å²) in [5, 5.41) is 0. The van der Waals surface area contributed by atoms with E-state index in [1.165, 1.54) is 38.5 Å². The number of nitrogens with two attached hydrogens (primary N) is 1. The fourth-order valence-electron chi connectivity index (χ4n) is 2.92. The number of nitrogens with zero attached hydrogens (tertiary/aromatic N) is 3. The molecule has 0 radical (unpaired) electrons. The first-order valence-corrected chi connectivity index (χ1v) is 7.23. The second-order valence-electron chi connectivity index (χ2n) is 5.33. The molecule has 1 fully saturated rings. The molecule has 1 saturated carbocycles. The minimum Gasteiger partial charge on any atom is -0.368 e. The van der Waals surface area contributed by atoms with E-state index in [4.69, 9.17) is 5.73 Å². The lowest BCUT2D eigenvalue weighted by Crippen LogP contribution is -2.17. The van der Waals surface area contributed by atoms with Gasteiger partial charge in [0.2, 0.25) is 5.95 Å². The second kappa shape index (κ2) is 6.12. The number of anilines is 1. The van der Waals surface area contributed by atoms with Crippen LogP contribution in [0.25, 0.3) is 0 Å². The zero-order valence-corrected chi connectivity index (χ0v) is 11.5. The average molecular weight is 248 g/mol. The lowest BCUT2D eigenvalue weighted by atomic mass is 9.80. The van der Waals surface area contributed by atoms with Crippen molar-refractivity contribution in [1.29, 1.82) is 0 Å². The van der Waals surface area contributed by atoms with Gasteiger partial charge in [0.1, 0.15) is 11.6 Å². The Morgan fingerprint density at radius 1 is 1.06 bits per heavy atom. The molecule has 0 bridgehead atoms. The molecule has 0 aliphatic heterocycles. The monoisotopic (exact) mass is 248 g/mol. The highest BCUT2D eigenvalue weighted by Gasteiger charge is 2.24. The summed E-state index contributed by atoms with van der Waals surface area (Å²) in [6.07, 6.45) is 8.52. The van der Waals surface area contributed by atoms with Gasteiger partial charge in [-0.3, -0.25) is 0 Å². The van der Waals surface area contributed by atoms with Crippen molar-refractivity contribution >= 4 is 5.95 Å². The topological polar surface area (TPSA) is 64.7 Å². The smallest absolute Gasteiger partial charge is 0.223 e. The predicted molar refractivity (Wildman–Crippen MR) is 73.2 cm³/mol. The molecule has 1 aromatic heterocycles. The normalized spacial score (nSPS) is 24.1. The van der Waals surface area contributed by atoms with Crippen LogP contribution >= 0.6 is 0 Å². The van der Waals surface area contributed by atoms with E-state index < -0.39 is 0 Å². The van der Waals surface area contributed by atoms with Crippen LogP contribution in [0, 0.1) is 5.92 Å². The van der Waals surface area contributed by atoms with E-state index in [1.807, 2.05) is 0 Å². The summed E-state index contributed by atoms with van der Waals surface area (Å²) in [5.41, 5.74) is 5.75. The summed E-state index contributed by atoms with van der Waals surface area (Å²) in [7, 11) is 0. The van der Waals surface area contributed by atoms with Crippen LogP contribution in [-0.4, -0.2) is 15.0 Å². The Morgan fingerprint density at radius 3 is 2.39 bits per heavy atom. The highest BCUT2D eigenvalue weighted by atomic mass is 15.1. The number of aryl methyl sites for hydroxylation is 1. The highest BCUT2D eigenvalue weighted by molar-refractivity contribution is 5.17. The van der Waals surface area contributed by atoms with E-state index in [0.717, 1.165) is 24.0 Å². The third-order valence-corrected chi connectivity index (χ3v) is 3.94. The summed E-state index contributed by atoms with van der Waals surface area (Å²) >= 11 is 0. The molecule has 4 nitrogen and oxygen atoms in total. The maximum absolute atomic E-state index is 5.75. The van der Waals surface area contributed by atoms with Gasteiger partial charge in [-0.15, -0.1) is 0 Å². The summed E-state index contributed by atoms with van der Waals surface area (Å²) in [6.45, 7) is 4.32. The largest absolute Gasteiger partial charge is 0.368 e. The molecule has 0 spiro atoms. The molecule has 0 saturated heterocycles. The predicted octanol–water partition coefficient (Wildman–Crippen LogP) is 3.09. The van der Waals surface area contributed by atoms with Crippen molar-refractivity contribution in [1.82, 2.24) is 15.0 Å². The van der Waals surface area contributed by atoms with Crippen molar-refractivity contribution in [2.45, 2.75) is 64.7 Å². The molecule has 2 N–H and O–H groups in total. The van der Waals surface area contributed by atoms with Crippen molar-refractivity contribution in [2.75, 3.05) is 5.73 Å². The van der Waals surface area contributed by atoms with Gasteiger partial charge in [0.25, 0.3) is 0 Å². The van der Waals surface area contributed by atoms with E-state index in [0.29, 0.717) is 11.9 Å². The molecule has 0 atom stereocenters. The van der Waals surface area contributed by atoms with Gasteiger partial charge in [0.15, 0.2) is 0 Å². The van der Waals surface area contributed by atoms with Crippen LogP contribution in [0.2, 0.25) is 0 Å². The van der Waals surface area contributed by atoms with Gasteiger partial charge in [0.05, 0.1) is 0 Å². The second-order valence-corrected chi connectivity index (χ2v) is 5.33.